The predicted octanol–water partition coefficient (Wildman–Crippen LogP) is 2.43. The molecule has 31 heavy (non-hydrogen) atoms. The Hall–Kier alpha value is -3.53. The molecule has 10 heteroatoms. The summed E-state index contributed by atoms with van der Waals surface area (Å²) in [6, 6.07) is 3.23. The van der Waals surface area contributed by atoms with Gasteiger partial charge in [0, 0.05) is 37.7 Å². The van der Waals surface area contributed by atoms with Crippen LogP contribution in [-0.4, -0.2) is 47.9 Å². The molecular formula is C21H22FN7O2. The van der Waals surface area contributed by atoms with Gasteiger partial charge in [-0.2, -0.15) is 5.10 Å². The molecule has 1 unspecified atom stereocenters. The average molecular weight is 423 g/mol. The van der Waals surface area contributed by atoms with E-state index >= 15 is 0 Å². The van der Waals surface area contributed by atoms with Gasteiger partial charge in [0.25, 0.3) is 0 Å². The van der Waals surface area contributed by atoms with E-state index in [0.717, 1.165) is 31.4 Å². The number of pyridine rings is 1. The highest BCUT2D eigenvalue weighted by Gasteiger charge is 2.31. The van der Waals surface area contributed by atoms with Crippen molar-refractivity contribution in [1.29, 1.82) is 0 Å². The van der Waals surface area contributed by atoms with Crippen LogP contribution in [0.2, 0.25) is 0 Å². The van der Waals surface area contributed by atoms with Crippen molar-refractivity contribution in [3.63, 3.8) is 0 Å². The first-order valence-corrected chi connectivity index (χ1v) is 10.0. The second-order valence-electron chi connectivity index (χ2n) is 7.56. The van der Waals surface area contributed by atoms with Crippen LogP contribution in [0.15, 0.2) is 43.1 Å². The number of hydrogen-bond donors (Lipinski definition) is 1. The molecule has 4 aromatic rings. The highest BCUT2D eigenvalue weighted by Crippen LogP contribution is 2.39. The van der Waals surface area contributed by atoms with Crippen molar-refractivity contribution in [2.24, 2.45) is 7.05 Å². The predicted molar refractivity (Wildman–Crippen MR) is 110 cm³/mol. The van der Waals surface area contributed by atoms with Crippen LogP contribution < -0.4 is 9.64 Å². The van der Waals surface area contributed by atoms with Gasteiger partial charge in [-0.3, -0.25) is 0 Å². The number of methoxy groups -OCH3 is 1. The minimum absolute atomic E-state index is 0.112. The first-order valence-electron chi connectivity index (χ1n) is 10.0. The smallest absolute Gasteiger partial charge is 0.218 e. The summed E-state index contributed by atoms with van der Waals surface area (Å²) in [7, 11) is 3.36. The van der Waals surface area contributed by atoms with E-state index < -0.39 is 11.9 Å². The zero-order valence-electron chi connectivity index (χ0n) is 17.2. The number of fused-ring (bicyclic) bond motifs is 1. The maximum atomic E-state index is 13.9. The summed E-state index contributed by atoms with van der Waals surface area (Å²) in [5.41, 5.74) is 1.81. The van der Waals surface area contributed by atoms with E-state index in [-0.39, 0.29) is 6.04 Å². The van der Waals surface area contributed by atoms with E-state index in [0.29, 0.717) is 28.5 Å². The van der Waals surface area contributed by atoms with E-state index in [1.165, 1.54) is 13.2 Å². The molecule has 5 rings (SSSR count). The summed E-state index contributed by atoms with van der Waals surface area (Å²) in [6.45, 7) is 0.763. The zero-order chi connectivity index (χ0) is 21.5. The van der Waals surface area contributed by atoms with Crippen molar-refractivity contribution < 1.29 is 14.2 Å². The maximum absolute atomic E-state index is 13.9. The SMILES string of the molecule is COc1ncc(F)cc1[C@H]1CCCN1c1ccn2ncc(C(O)c3nccn3C)c2n1. The maximum Gasteiger partial charge on any atom is 0.218 e. The van der Waals surface area contributed by atoms with Gasteiger partial charge in [-0.15, -0.1) is 0 Å². The normalized spacial score (nSPS) is 17.4. The zero-order valence-corrected chi connectivity index (χ0v) is 17.2. The molecule has 160 valence electrons. The number of aryl methyl sites for hydroxylation is 1. The van der Waals surface area contributed by atoms with Crippen molar-refractivity contribution in [3.05, 3.63) is 65.9 Å². The van der Waals surface area contributed by atoms with Crippen molar-refractivity contribution in [2.75, 3.05) is 18.6 Å². The summed E-state index contributed by atoms with van der Waals surface area (Å²) >= 11 is 0. The third-order valence-electron chi connectivity index (χ3n) is 5.72. The number of aromatic nitrogens is 6. The number of hydrogen-bond acceptors (Lipinski definition) is 7. The Balaban J connectivity index is 1.55. The van der Waals surface area contributed by atoms with Crippen molar-refractivity contribution in [1.82, 2.24) is 29.1 Å². The molecule has 1 saturated heterocycles. The van der Waals surface area contributed by atoms with E-state index in [1.807, 2.05) is 19.3 Å². The number of anilines is 1. The molecule has 4 aromatic heterocycles. The van der Waals surface area contributed by atoms with Crippen molar-refractivity contribution >= 4 is 11.5 Å². The van der Waals surface area contributed by atoms with E-state index in [9.17, 15) is 9.50 Å². The monoisotopic (exact) mass is 423 g/mol. The number of nitrogens with zero attached hydrogens (tertiary/aromatic N) is 7. The molecule has 9 nitrogen and oxygen atoms in total. The minimum Gasteiger partial charge on any atom is -0.481 e. The molecule has 1 aliphatic rings. The Morgan fingerprint density at radius 3 is 2.90 bits per heavy atom. The van der Waals surface area contributed by atoms with Gasteiger partial charge in [-0.05, 0) is 25.0 Å². The quantitative estimate of drug-likeness (QED) is 0.527. The van der Waals surface area contributed by atoms with Crippen LogP contribution in [0.3, 0.4) is 0 Å². The number of halogens is 1. The Labute approximate surface area is 177 Å². The van der Waals surface area contributed by atoms with Gasteiger partial charge in [0.2, 0.25) is 5.88 Å². The fourth-order valence-corrected chi connectivity index (χ4v) is 4.23. The fourth-order valence-electron chi connectivity index (χ4n) is 4.23. The van der Waals surface area contributed by atoms with Crippen LogP contribution in [0.4, 0.5) is 10.2 Å². The molecule has 1 N–H and O–H groups in total. The number of rotatable bonds is 5. The van der Waals surface area contributed by atoms with Gasteiger partial charge >= 0.3 is 0 Å². The van der Waals surface area contributed by atoms with Gasteiger partial charge in [-0.25, -0.2) is 23.9 Å². The van der Waals surface area contributed by atoms with Crippen molar-refractivity contribution in [2.45, 2.75) is 25.0 Å². The molecule has 0 amide bonds. The van der Waals surface area contributed by atoms with Gasteiger partial charge in [0.15, 0.2) is 5.65 Å². The summed E-state index contributed by atoms with van der Waals surface area (Å²) in [4.78, 5) is 15.2. The Morgan fingerprint density at radius 2 is 2.13 bits per heavy atom. The standard InChI is InChI=1S/C21H22FN7O2/c1-27-9-6-23-20(27)18(30)15-12-25-29-8-5-17(26-19(15)29)28-7-3-4-16(28)14-10-13(22)11-24-21(14)31-2/h5-6,8-12,16,18,30H,3-4,7H2,1-2H3/t16-,18?/m1/s1. The van der Waals surface area contributed by atoms with Crippen LogP contribution in [0.25, 0.3) is 5.65 Å². The largest absolute Gasteiger partial charge is 0.481 e. The van der Waals surface area contributed by atoms with Crippen LogP contribution in [0.1, 0.15) is 41.9 Å². The van der Waals surface area contributed by atoms with Crippen molar-refractivity contribution in [3.8, 4) is 5.88 Å². The topological polar surface area (TPSA) is 93.6 Å². The molecular weight excluding hydrogens is 401 g/mol. The Kier molecular flexibility index (Phi) is 4.78. The van der Waals surface area contributed by atoms with Gasteiger partial charge in [0.1, 0.15) is 23.6 Å². The van der Waals surface area contributed by atoms with Crippen LogP contribution in [0, 0.1) is 5.82 Å². The highest BCUT2D eigenvalue weighted by molar-refractivity contribution is 5.56. The molecule has 0 aliphatic carbocycles. The summed E-state index contributed by atoms with van der Waals surface area (Å²) in [5, 5.41) is 15.2. The first-order chi connectivity index (χ1) is 15.1. The molecule has 0 aromatic carbocycles. The number of aliphatic hydroxyl groups excluding tert-OH is 1. The molecule has 0 spiro atoms. The lowest BCUT2D eigenvalue weighted by molar-refractivity contribution is 0.207. The second kappa shape index (κ2) is 7.62. The van der Waals surface area contributed by atoms with Gasteiger partial charge < -0.3 is 19.3 Å². The fraction of sp³-hybridized carbons (Fsp3) is 0.333. The summed E-state index contributed by atoms with van der Waals surface area (Å²) < 4.78 is 22.7. The van der Waals surface area contributed by atoms with Crippen LogP contribution >= 0.6 is 0 Å². The summed E-state index contributed by atoms with van der Waals surface area (Å²) in [5.74, 6) is 1.24. The Morgan fingerprint density at radius 1 is 1.26 bits per heavy atom. The average Bonchev–Trinajstić information content (AvgIpc) is 3.52. The molecule has 5 heterocycles. The third-order valence-corrected chi connectivity index (χ3v) is 5.72. The van der Waals surface area contributed by atoms with E-state index in [4.69, 9.17) is 9.72 Å². The number of ether oxygens (including phenoxy) is 1. The van der Waals surface area contributed by atoms with Crippen LogP contribution in [-0.2, 0) is 7.05 Å². The van der Waals surface area contributed by atoms with Crippen LogP contribution in [0.5, 0.6) is 5.88 Å². The lowest BCUT2D eigenvalue weighted by Gasteiger charge is -2.27. The lowest BCUT2D eigenvalue weighted by Crippen LogP contribution is -2.24. The van der Waals surface area contributed by atoms with E-state index in [2.05, 4.69) is 20.0 Å². The van der Waals surface area contributed by atoms with E-state index in [1.54, 1.807) is 27.7 Å². The molecule has 0 radical (unpaired) electrons. The molecule has 2 atom stereocenters. The first kappa shape index (κ1) is 19.4. The van der Waals surface area contributed by atoms with Gasteiger partial charge in [0.05, 0.1) is 31.1 Å². The number of imidazole rings is 1. The Bertz CT molecular complexity index is 1240. The molecule has 0 saturated carbocycles. The lowest BCUT2D eigenvalue weighted by atomic mass is 10.1. The minimum atomic E-state index is -0.956. The highest BCUT2D eigenvalue weighted by atomic mass is 19.1. The molecule has 1 aliphatic heterocycles. The summed E-state index contributed by atoms with van der Waals surface area (Å²) in [6.07, 6.45) is 8.78. The molecule has 1 fully saturated rings. The second-order valence-corrected chi connectivity index (χ2v) is 7.56. The van der Waals surface area contributed by atoms with Gasteiger partial charge in [-0.1, -0.05) is 0 Å². The molecule has 0 bridgehead atoms. The number of aliphatic hydroxyl groups is 1. The third kappa shape index (κ3) is 3.28.